The molecule has 0 bridgehead atoms. The molecule has 0 amide bonds. The molecule has 0 atom stereocenters. The van der Waals surface area contributed by atoms with E-state index in [1.165, 1.54) is 17.6 Å². The maximum atomic E-state index is 4.33. The fourth-order valence-corrected chi connectivity index (χ4v) is 1.27. The molecule has 0 radical (unpaired) electrons. The van der Waals surface area contributed by atoms with Crippen molar-refractivity contribution in [3.05, 3.63) is 23.4 Å². The zero-order chi connectivity index (χ0) is 12.6. The van der Waals surface area contributed by atoms with Gasteiger partial charge in [-0.05, 0) is 44.1 Å². The third kappa shape index (κ3) is 9.70. The Morgan fingerprint density at radius 3 is 2.31 bits per heavy atom. The Labute approximate surface area is 101 Å². The van der Waals surface area contributed by atoms with Crippen LogP contribution in [-0.2, 0) is 0 Å². The molecule has 0 rings (SSSR count). The van der Waals surface area contributed by atoms with Crippen LogP contribution in [0.1, 0.15) is 60.8 Å². The van der Waals surface area contributed by atoms with Gasteiger partial charge in [0.15, 0.2) is 0 Å². The predicted octanol–water partition coefficient (Wildman–Crippen LogP) is 5.14. The van der Waals surface area contributed by atoms with E-state index in [0.29, 0.717) is 5.41 Å². The van der Waals surface area contributed by atoms with E-state index in [1.807, 2.05) is 12.4 Å². The van der Waals surface area contributed by atoms with Crippen molar-refractivity contribution in [3.8, 4) is 0 Å². The summed E-state index contributed by atoms with van der Waals surface area (Å²) in [6, 6.07) is 0. The molecule has 0 aromatic rings. The fraction of sp³-hybridized carbons (Fsp3) is 0.667. The molecule has 0 N–H and O–H groups in total. The van der Waals surface area contributed by atoms with E-state index >= 15 is 0 Å². The summed E-state index contributed by atoms with van der Waals surface area (Å²) < 4.78 is 0. The summed E-state index contributed by atoms with van der Waals surface area (Å²) in [6.45, 7) is 13.2. The van der Waals surface area contributed by atoms with Crippen LogP contribution >= 0.6 is 0 Å². The highest BCUT2D eigenvalue weighted by Crippen LogP contribution is 2.19. The standard InChI is InChI=1S/C15H27N/c1-7-13(2)11-14(3)12-16-10-8-9-15(4,5)6/h10-12H,7-9H2,1-6H3/b13-11+,14-12-,16-10?. The summed E-state index contributed by atoms with van der Waals surface area (Å²) in [5, 5.41) is 0. The first-order chi connectivity index (χ1) is 7.35. The van der Waals surface area contributed by atoms with Crippen molar-refractivity contribution < 1.29 is 0 Å². The van der Waals surface area contributed by atoms with E-state index < -0.39 is 0 Å². The maximum Gasteiger partial charge on any atom is 0.0293 e. The molecule has 0 aliphatic rings. The number of allylic oxidation sites excluding steroid dienone is 3. The Morgan fingerprint density at radius 1 is 1.19 bits per heavy atom. The molecule has 0 heterocycles. The number of hydrogen-bond donors (Lipinski definition) is 0. The Balaban J connectivity index is 4.03. The molecule has 0 spiro atoms. The first-order valence-corrected chi connectivity index (χ1v) is 6.20. The summed E-state index contributed by atoms with van der Waals surface area (Å²) in [6.07, 6.45) is 9.52. The SMILES string of the molecule is CC/C(C)=C/C(C)=C\N=CCCC(C)(C)C. The maximum absolute atomic E-state index is 4.33. The van der Waals surface area contributed by atoms with E-state index in [2.05, 4.69) is 52.6 Å². The van der Waals surface area contributed by atoms with Crippen molar-refractivity contribution in [1.82, 2.24) is 0 Å². The Bertz CT molecular complexity index is 274. The molecular formula is C15H27N. The minimum Gasteiger partial charge on any atom is -0.269 e. The van der Waals surface area contributed by atoms with Crippen molar-refractivity contribution in [1.29, 1.82) is 0 Å². The van der Waals surface area contributed by atoms with Crippen molar-refractivity contribution in [2.75, 3.05) is 0 Å². The summed E-state index contributed by atoms with van der Waals surface area (Å²) in [5.74, 6) is 0. The van der Waals surface area contributed by atoms with Crippen molar-refractivity contribution >= 4 is 6.21 Å². The van der Waals surface area contributed by atoms with Crippen molar-refractivity contribution in [2.45, 2.75) is 60.8 Å². The average molecular weight is 221 g/mol. The minimum absolute atomic E-state index is 0.406. The van der Waals surface area contributed by atoms with Gasteiger partial charge < -0.3 is 0 Å². The largest absolute Gasteiger partial charge is 0.269 e. The molecule has 0 saturated carbocycles. The normalized spacial score (nSPS) is 14.9. The second-order valence-electron chi connectivity index (χ2n) is 5.65. The minimum atomic E-state index is 0.406. The van der Waals surface area contributed by atoms with Gasteiger partial charge in [-0.25, -0.2) is 0 Å². The number of aliphatic imine (C=N–C) groups is 1. The lowest BCUT2D eigenvalue weighted by Crippen LogP contribution is -2.04. The molecule has 92 valence electrons. The first kappa shape index (κ1) is 15.2. The molecule has 0 aromatic heterocycles. The van der Waals surface area contributed by atoms with Gasteiger partial charge in [-0.15, -0.1) is 0 Å². The quantitative estimate of drug-likeness (QED) is 0.450. The van der Waals surface area contributed by atoms with Gasteiger partial charge >= 0.3 is 0 Å². The molecule has 0 aliphatic heterocycles. The summed E-state index contributed by atoms with van der Waals surface area (Å²) >= 11 is 0. The molecule has 1 nitrogen and oxygen atoms in total. The zero-order valence-electron chi connectivity index (χ0n) is 11.8. The second kappa shape index (κ2) is 7.43. The Hall–Kier alpha value is -0.850. The molecule has 16 heavy (non-hydrogen) atoms. The lowest BCUT2D eigenvalue weighted by atomic mass is 9.91. The summed E-state index contributed by atoms with van der Waals surface area (Å²) in [4.78, 5) is 4.33. The van der Waals surface area contributed by atoms with Crippen LogP contribution in [0.3, 0.4) is 0 Å². The van der Waals surface area contributed by atoms with Crippen LogP contribution in [0.15, 0.2) is 28.4 Å². The topological polar surface area (TPSA) is 12.4 Å². The number of nitrogens with zero attached hydrogens (tertiary/aromatic N) is 1. The van der Waals surface area contributed by atoms with E-state index in [1.54, 1.807) is 0 Å². The highest BCUT2D eigenvalue weighted by Gasteiger charge is 2.07. The zero-order valence-corrected chi connectivity index (χ0v) is 11.8. The monoisotopic (exact) mass is 221 g/mol. The molecule has 0 aromatic carbocycles. The smallest absolute Gasteiger partial charge is 0.0293 e. The molecule has 0 unspecified atom stereocenters. The fourth-order valence-electron chi connectivity index (χ4n) is 1.27. The Morgan fingerprint density at radius 2 is 1.81 bits per heavy atom. The van der Waals surface area contributed by atoms with Crippen molar-refractivity contribution in [2.24, 2.45) is 10.4 Å². The molecular weight excluding hydrogens is 194 g/mol. The van der Waals surface area contributed by atoms with Gasteiger partial charge in [0, 0.05) is 12.4 Å². The van der Waals surface area contributed by atoms with Gasteiger partial charge in [0.05, 0.1) is 0 Å². The van der Waals surface area contributed by atoms with E-state index in [9.17, 15) is 0 Å². The number of rotatable bonds is 5. The molecule has 0 saturated heterocycles. The van der Waals surface area contributed by atoms with Gasteiger partial charge in [0.1, 0.15) is 0 Å². The van der Waals surface area contributed by atoms with Gasteiger partial charge in [-0.2, -0.15) is 0 Å². The lowest BCUT2D eigenvalue weighted by molar-refractivity contribution is 0.387. The third-order valence-corrected chi connectivity index (χ3v) is 2.44. The second-order valence-corrected chi connectivity index (χ2v) is 5.65. The van der Waals surface area contributed by atoms with Gasteiger partial charge in [0.2, 0.25) is 0 Å². The van der Waals surface area contributed by atoms with E-state index in [4.69, 9.17) is 0 Å². The van der Waals surface area contributed by atoms with Gasteiger partial charge in [-0.3, -0.25) is 4.99 Å². The highest BCUT2D eigenvalue weighted by atomic mass is 14.7. The van der Waals surface area contributed by atoms with Crippen LogP contribution in [-0.4, -0.2) is 6.21 Å². The van der Waals surface area contributed by atoms with Gasteiger partial charge in [0.25, 0.3) is 0 Å². The predicted molar refractivity (Wildman–Crippen MR) is 75.0 cm³/mol. The Kier molecular flexibility index (Phi) is 7.03. The van der Waals surface area contributed by atoms with Gasteiger partial charge in [-0.1, -0.05) is 39.3 Å². The lowest BCUT2D eigenvalue weighted by Gasteiger charge is -2.15. The third-order valence-electron chi connectivity index (χ3n) is 2.44. The summed E-state index contributed by atoms with van der Waals surface area (Å²) in [5.41, 5.74) is 3.04. The highest BCUT2D eigenvalue weighted by molar-refractivity contribution is 5.58. The van der Waals surface area contributed by atoms with Crippen LogP contribution < -0.4 is 0 Å². The van der Waals surface area contributed by atoms with Crippen LogP contribution in [0, 0.1) is 5.41 Å². The van der Waals surface area contributed by atoms with E-state index in [-0.39, 0.29) is 0 Å². The molecule has 0 fully saturated rings. The summed E-state index contributed by atoms with van der Waals surface area (Å²) in [7, 11) is 0. The van der Waals surface area contributed by atoms with Crippen LogP contribution in [0.2, 0.25) is 0 Å². The average Bonchev–Trinajstić information content (AvgIpc) is 2.15. The first-order valence-electron chi connectivity index (χ1n) is 6.20. The molecule has 1 heteroatoms. The van der Waals surface area contributed by atoms with Crippen LogP contribution in [0.25, 0.3) is 0 Å². The van der Waals surface area contributed by atoms with Crippen molar-refractivity contribution in [3.63, 3.8) is 0 Å². The van der Waals surface area contributed by atoms with Crippen LogP contribution in [0.4, 0.5) is 0 Å². The molecule has 0 aliphatic carbocycles. The van der Waals surface area contributed by atoms with Crippen LogP contribution in [0.5, 0.6) is 0 Å². The van der Waals surface area contributed by atoms with E-state index in [0.717, 1.165) is 12.8 Å². The number of hydrogen-bond acceptors (Lipinski definition) is 1.